The van der Waals surface area contributed by atoms with Gasteiger partial charge in [0, 0.05) is 18.8 Å². The van der Waals surface area contributed by atoms with E-state index in [0.29, 0.717) is 35.9 Å². The lowest BCUT2D eigenvalue weighted by Gasteiger charge is -2.31. The number of piperazine rings is 1. The molecule has 0 spiro atoms. The Morgan fingerprint density at radius 1 is 1.56 bits per heavy atom. The molecule has 94 valence electrons. The summed E-state index contributed by atoms with van der Waals surface area (Å²) in [6.07, 6.45) is 0. The molecule has 2 aromatic rings. The number of carbonyl (C=O) groups excluding carboxylic acids is 1. The van der Waals surface area contributed by atoms with Crippen LogP contribution in [0.3, 0.4) is 0 Å². The number of oxazole rings is 1. The predicted molar refractivity (Wildman–Crippen MR) is 68.2 cm³/mol. The van der Waals surface area contributed by atoms with E-state index >= 15 is 0 Å². The van der Waals surface area contributed by atoms with Crippen LogP contribution in [0, 0.1) is 0 Å². The van der Waals surface area contributed by atoms with Crippen molar-refractivity contribution in [2.45, 2.75) is 13.0 Å². The van der Waals surface area contributed by atoms with Crippen molar-refractivity contribution in [1.82, 2.24) is 10.3 Å². The highest BCUT2D eigenvalue weighted by Gasteiger charge is 2.28. The summed E-state index contributed by atoms with van der Waals surface area (Å²) in [5.41, 5.74) is 7.74. The Bertz CT molecular complexity index is 607. The van der Waals surface area contributed by atoms with Crippen LogP contribution in [0.15, 0.2) is 22.6 Å². The van der Waals surface area contributed by atoms with Gasteiger partial charge in [0.05, 0.1) is 0 Å². The number of fused-ring (bicyclic) bond motifs is 1. The van der Waals surface area contributed by atoms with Crippen molar-refractivity contribution in [1.29, 1.82) is 0 Å². The van der Waals surface area contributed by atoms with Crippen LogP contribution in [-0.2, 0) is 4.79 Å². The number of nitrogens with two attached hydrogens (primary N) is 1. The fraction of sp³-hybridized carbons (Fsp3) is 0.333. The van der Waals surface area contributed by atoms with Gasteiger partial charge in [0.1, 0.15) is 11.6 Å². The lowest BCUT2D eigenvalue weighted by Crippen LogP contribution is -2.54. The van der Waals surface area contributed by atoms with Gasteiger partial charge in [0.2, 0.25) is 5.91 Å². The first-order valence-electron chi connectivity index (χ1n) is 5.85. The van der Waals surface area contributed by atoms with E-state index in [9.17, 15) is 4.79 Å². The van der Waals surface area contributed by atoms with Crippen molar-refractivity contribution >= 4 is 28.7 Å². The van der Waals surface area contributed by atoms with Crippen LogP contribution in [0.5, 0.6) is 0 Å². The number of hydrogen-bond acceptors (Lipinski definition) is 5. The molecule has 0 bridgehead atoms. The number of anilines is 2. The Morgan fingerprint density at radius 2 is 2.39 bits per heavy atom. The standard InChI is InChI=1S/C12H14N4O2/c1-7-11(17)14-4-5-16(7)12-15-9-6-8(13)2-3-10(9)18-12/h2-3,6-7H,4-5,13H2,1H3,(H,14,17). The van der Waals surface area contributed by atoms with Gasteiger partial charge in [-0.25, -0.2) is 0 Å². The SMILES string of the molecule is CC1C(=O)NCCN1c1nc2cc(N)ccc2o1. The molecule has 3 N–H and O–H groups in total. The highest BCUT2D eigenvalue weighted by Crippen LogP contribution is 2.25. The largest absolute Gasteiger partial charge is 0.423 e. The number of rotatable bonds is 1. The van der Waals surface area contributed by atoms with E-state index in [1.54, 1.807) is 18.2 Å². The number of aromatic nitrogens is 1. The molecule has 18 heavy (non-hydrogen) atoms. The topological polar surface area (TPSA) is 84.4 Å². The molecule has 6 heteroatoms. The molecule has 1 amide bonds. The molecular weight excluding hydrogens is 232 g/mol. The van der Waals surface area contributed by atoms with Crippen LogP contribution >= 0.6 is 0 Å². The van der Waals surface area contributed by atoms with E-state index in [1.165, 1.54) is 0 Å². The van der Waals surface area contributed by atoms with Crippen LogP contribution in [0.1, 0.15) is 6.92 Å². The maximum Gasteiger partial charge on any atom is 0.299 e. The third kappa shape index (κ3) is 1.66. The summed E-state index contributed by atoms with van der Waals surface area (Å²) in [6, 6.07) is 5.51. The van der Waals surface area contributed by atoms with Crippen molar-refractivity contribution in [2.75, 3.05) is 23.7 Å². The second-order valence-electron chi connectivity index (χ2n) is 4.38. The van der Waals surface area contributed by atoms with Gasteiger partial charge in [-0.3, -0.25) is 4.79 Å². The van der Waals surface area contributed by atoms with E-state index in [2.05, 4.69) is 10.3 Å². The number of benzene rings is 1. The fourth-order valence-electron chi connectivity index (χ4n) is 2.10. The van der Waals surface area contributed by atoms with Crippen LogP contribution in [-0.4, -0.2) is 30.0 Å². The van der Waals surface area contributed by atoms with E-state index in [4.69, 9.17) is 10.2 Å². The molecule has 1 saturated heterocycles. The van der Waals surface area contributed by atoms with Gasteiger partial charge < -0.3 is 20.4 Å². The Hall–Kier alpha value is -2.24. The van der Waals surface area contributed by atoms with Gasteiger partial charge in [0.25, 0.3) is 6.01 Å². The lowest BCUT2D eigenvalue weighted by molar-refractivity contribution is -0.123. The maximum absolute atomic E-state index is 11.6. The van der Waals surface area contributed by atoms with Crippen LogP contribution < -0.4 is 16.0 Å². The zero-order chi connectivity index (χ0) is 12.7. The van der Waals surface area contributed by atoms with Gasteiger partial charge in [-0.1, -0.05) is 0 Å². The summed E-state index contributed by atoms with van der Waals surface area (Å²) in [5, 5.41) is 2.80. The molecule has 1 aromatic heterocycles. The molecule has 2 heterocycles. The minimum atomic E-state index is -0.274. The summed E-state index contributed by atoms with van der Waals surface area (Å²) in [6.45, 7) is 3.12. The highest BCUT2D eigenvalue weighted by atomic mass is 16.4. The second-order valence-corrected chi connectivity index (χ2v) is 4.38. The summed E-state index contributed by atoms with van der Waals surface area (Å²) < 4.78 is 5.66. The molecule has 0 aliphatic carbocycles. The van der Waals surface area contributed by atoms with Gasteiger partial charge >= 0.3 is 0 Å². The number of nitrogens with one attached hydrogen (secondary N) is 1. The first kappa shape index (κ1) is 10.9. The third-order valence-electron chi connectivity index (χ3n) is 3.14. The van der Waals surface area contributed by atoms with Crippen molar-refractivity contribution < 1.29 is 9.21 Å². The zero-order valence-corrected chi connectivity index (χ0v) is 10.0. The quantitative estimate of drug-likeness (QED) is 0.725. The first-order valence-corrected chi connectivity index (χ1v) is 5.85. The maximum atomic E-state index is 11.6. The molecule has 0 saturated carbocycles. The molecular formula is C12H14N4O2. The Morgan fingerprint density at radius 3 is 3.22 bits per heavy atom. The molecule has 6 nitrogen and oxygen atoms in total. The van der Waals surface area contributed by atoms with Crippen molar-refractivity contribution in [3.63, 3.8) is 0 Å². The average Bonchev–Trinajstić information content (AvgIpc) is 2.75. The number of hydrogen-bond donors (Lipinski definition) is 2. The molecule has 1 aliphatic rings. The first-order chi connectivity index (χ1) is 8.65. The van der Waals surface area contributed by atoms with Crippen molar-refractivity contribution in [3.8, 4) is 0 Å². The molecule has 3 rings (SSSR count). The summed E-state index contributed by atoms with van der Waals surface area (Å²) in [7, 11) is 0. The molecule has 1 atom stereocenters. The number of nitrogen functional groups attached to an aromatic ring is 1. The lowest BCUT2D eigenvalue weighted by atomic mass is 10.2. The van der Waals surface area contributed by atoms with E-state index in [0.717, 1.165) is 0 Å². The van der Waals surface area contributed by atoms with Gasteiger partial charge in [0.15, 0.2) is 5.58 Å². The zero-order valence-electron chi connectivity index (χ0n) is 10.0. The Labute approximate surface area is 104 Å². The van der Waals surface area contributed by atoms with Crippen LogP contribution in [0.2, 0.25) is 0 Å². The Balaban J connectivity index is 2.01. The van der Waals surface area contributed by atoms with Crippen molar-refractivity contribution in [2.24, 2.45) is 0 Å². The summed E-state index contributed by atoms with van der Waals surface area (Å²) in [5.74, 6) is -0.0111. The van der Waals surface area contributed by atoms with Gasteiger partial charge in [-0.2, -0.15) is 4.98 Å². The van der Waals surface area contributed by atoms with E-state index < -0.39 is 0 Å². The summed E-state index contributed by atoms with van der Waals surface area (Å²) in [4.78, 5) is 17.8. The molecule has 1 unspecified atom stereocenters. The molecule has 1 aliphatic heterocycles. The van der Waals surface area contributed by atoms with Gasteiger partial charge in [-0.05, 0) is 25.1 Å². The second kappa shape index (κ2) is 3.90. The normalized spacial score (nSPS) is 20.2. The van der Waals surface area contributed by atoms with Crippen LogP contribution in [0.4, 0.5) is 11.7 Å². The Kier molecular flexibility index (Phi) is 2.36. The molecule has 1 fully saturated rings. The smallest absolute Gasteiger partial charge is 0.299 e. The predicted octanol–water partition coefficient (Wildman–Crippen LogP) is 0.735. The van der Waals surface area contributed by atoms with Crippen molar-refractivity contribution in [3.05, 3.63) is 18.2 Å². The van der Waals surface area contributed by atoms with Gasteiger partial charge in [-0.15, -0.1) is 0 Å². The summed E-state index contributed by atoms with van der Waals surface area (Å²) >= 11 is 0. The molecule has 0 radical (unpaired) electrons. The number of amides is 1. The average molecular weight is 246 g/mol. The monoisotopic (exact) mass is 246 g/mol. The minimum Gasteiger partial charge on any atom is -0.423 e. The van der Waals surface area contributed by atoms with E-state index in [-0.39, 0.29) is 11.9 Å². The highest BCUT2D eigenvalue weighted by molar-refractivity contribution is 5.86. The number of nitrogens with zero attached hydrogens (tertiary/aromatic N) is 2. The van der Waals surface area contributed by atoms with Crippen LogP contribution in [0.25, 0.3) is 11.1 Å². The fourth-order valence-corrected chi connectivity index (χ4v) is 2.10. The minimum absolute atomic E-state index is 0.0111. The van der Waals surface area contributed by atoms with E-state index in [1.807, 2.05) is 11.8 Å². The number of carbonyl (C=O) groups is 1. The molecule has 1 aromatic carbocycles. The third-order valence-corrected chi connectivity index (χ3v) is 3.14.